The summed E-state index contributed by atoms with van der Waals surface area (Å²) in [4.78, 5) is 14.7. The highest BCUT2D eigenvalue weighted by molar-refractivity contribution is 9.09. The Morgan fingerprint density at radius 1 is 1.05 bits per heavy atom. The zero-order valence-corrected chi connectivity index (χ0v) is 18.6. The Kier molecular flexibility index (Phi) is 11.6. The monoisotopic (exact) mass is 506 g/mol. The van der Waals surface area contributed by atoms with Crippen molar-refractivity contribution in [3.63, 3.8) is 0 Å². The summed E-state index contributed by atoms with van der Waals surface area (Å²) in [6.07, 6.45) is 4.43. The van der Waals surface area contributed by atoms with Gasteiger partial charge in [0.2, 0.25) is 0 Å². The van der Waals surface area contributed by atoms with Crippen LogP contribution in [0.1, 0.15) is 46.5 Å². The summed E-state index contributed by atoms with van der Waals surface area (Å²) >= 11 is 7.10. The molecular formula is C15H29Br3N2O2. The van der Waals surface area contributed by atoms with Crippen LogP contribution in [0, 0.1) is 0 Å². The Hall–Kier alpha value is 0.670. The molecule has 0 spiro atoms. The summed E-state index contributed by atoms with van der Waals surface area (Å²) in [7, 11) is 0. The van der Waals surface area contributed by atoms with Crippen molar-refractivity contribution in [1.29, 1.82) is 0 Å². The quantitative estimate of drug-likeness (QED) is 0.490. The minimum absolute atomic E-state index is 0. The first-order valence-corrected chi connectivity index (χ1v) is 9.58. The Labute approximate surface area is 162 Å². The first-order valence-electron chi connectivity index (χ1n) is 7.74. The smallest absolute Gasteiger partial charge is 0.410 e. The molecule has 2 saturated heterocycles. The van der Waals surface area contributed by atoms with Crippen LogP contribution >= 0.6 is 48.8 Å². The van der Waals surface area contributed by atoms with Crippen LogP contribution < -0.4 is 5.32 Å². The Bertz CT molecular complexity index is 310. The van der Waals surface area contributed by atoms with Gasteiger partial charge in [-0.3, -0.25) is 0 Å². The number of ether oxygens (including phenoxy) is 1. The van der Waals surface area contributed by atoms with Crippen LogP contribution in [-0.2, 0) is 4.74 Å². The summed E-state index contributed by atoms with van der Waals surface area (Å²) in [5.41, 5.74) is -0.387. The molecule has 2 heterocycles. The third-order valence-corrected chi connectivity index (χ3v) is 5.18. The van der Waals surface area contributed by atoms with Gasteiger partial charge in [0.15, 0.2) is 0 Å². The van der Waals surface area contributed by atoms with Gasteiger partial charge in [0.05, 0.1) is 0 Å². The molecule has 2 rings (SSSR count). The van der Waals surface area contributed by atoms with Gasteiger partial charge >= 0.3 is 6.09 Å². The first kappa shape index (κ1) is 22.7. The fourth-order valence-corrected chi connectivity index (χ4v) is 3.01. The molecule has 0 aromatic rings. The van der Waals surface area contributed by atoms with Gasteiger partial charge in [0.1, 0.15) is 5.60 Å². The second-order valence-corrected chi connectivity index (χ2v) is 9.16. The van der Waals surface area contributed by atoms with Crippen LogP contribution in [0.25, 0.3) is 0 Å². The van der Waals surface area contributed by atoms with Crippen LogP contribution in [0.2, 0.25) is 0 Å². The van der Waals surface area contributed by atoms with Crippen molar-refractivity contribution in [2.24, 2.45) is 0 Å². The van der Waals surface area contributed by atoms with Gasteiger partial charge in [-0.25, -0.2) is 4.79 Å². The molecule has 132 valence electrons. The van der Waals surface area contributed by atoms with E-state index in [2.05, 4.69) is 37.2 Å². The van der Waals surface area contributed by atoms with E-state index in [1.807, 2.05) is 20.8 Å². The van der Waals surface area contributed by atoms with Gasteiger partial charge < -0.3 is 15.0 Å². The fourth-order valence-electron chi connectivity index (χ4n) is 2.14. The molecule has 1 amide bonds. The molecule has 0 unspecified atom stereocenters. The molecule has 0 saturated carbocycles. The molecule has 22 heavy (non-hydrogen) atoms. The molecule has 0 aromatic carbocycles. The average Bonchev–Trinajstić information content (AvgIpc) is 2.39. The van der Waals surface area contributed by atoms with Gasteiger partial charge in [-0.1, -0.05) is 31.9 Å². The van der Waals surface area contributed by atoms with Crippen molar-refractivity contribution in [3.05, 3.63) is 0 Å². The molecule has 2 aliphatic rings. The largest absolute Gasteiger partial charge is 0.444 e. The molecule has 4 nitrogen and oxygen atoms in total. The van der Waals surface area contributed by atoms with Gasteiger partial charge in [0, 0.05) is 22.7 Å². The highest BCUT2D eigenvalue weighted by atomic mass is 79.9. The van der Waals surface area contributed by atoms with E-state index in [9.17, 15) is 4.79 Å². The average molecular weight is 509 g/mol. The van der Waals surface area contributed by atoms with Gasteiger partial charge in [-0.05, 0) is 59.5 Å². The molecule has 0 radical (unpaired) electrons. The summed E-state index contributed by atoms with van der Waals surface area (Å²) in [6.45, 7) is 9.65. The van der Waals surface area contributed by atoms with Crippen molar-refractivity contribution >= 4 is 54.9 Å². The number of likely N-dealkylation sites (tertiary alicyclic amines) is 1. The number of hydrogen-bond donors (Lipinski definition) is 1. The van der Waals surface area contributed by atoms with Crippen molar-refractivity contribution in [1.82, 2.24) is 10.2 Å². The third kappa shape index (κ3) is 10.4. The minimum atomic E-state index is -0.387. The normalized spacial score (nSPS) is 20.5. The molecule has 1 N–H and O–H groups in total. The molecular weight excluding hydrogens is 480 g/mol. The van der Waals surface area contributed by atoms with Crippen LogP contribution in [-0.4, -0.2) is 52.4 Å². The summed E-state index contributed by atoms with van der Waals surface area (Å²) in [5, 5.41) is 3.29. The SMILES string of the molecule is Br.BrC1CCNCC1.CC(C)(C)OC(=O)N1CCC(Br)CC1. The summed E-state index contributed by atoms with van der Waals surface area (Å²) < 4.78 is 5.28. The minimum Gasteiger partial charge on any atom is -0.444 e. The van der Waals surface area contributed by atoms with Crippen molar-refractivity contribution in [2.75, 3.05) is 26.2 Å². The van der Waals surface area contributed by atoms with Crippen LogP contribution in [0.5, 0.6) is 0 Å². The number of amides is 1. The molecule has 2 fully saturated rings. The van der Waals surface area contributed by atoms with E-state index in [0.717, 1.165) is 30.8 Å². The zero-order valence-electron chi connectivity index (χ0n) is 13.7. The number of alkyl halides is 2. The lowest BCUT2D eigenvalue weighted by molar-refractivity contribution is 0.0220. The molecule has 0 bridgehead atoms. The Morgan fingerprint density at radius 2 is 1.50 bits per heavy atom. The number of rotatable bonds is 0. The maximum absolute atomic E-state index is 11.6. The van der Waals surface area contributed by atoms with Crippen LogP contribution in [0.15, 0.2) is 0 Å². The topological polar surface area (TPSA) is 41.6 Å². The van der Waals surface area contributed by atoms with E-state index in [-0.39, 0.29) is 28.7 Å². The molecule has 0 aromatic heterocycles. The Morgan fingerprint density at radius 3 is 1.86 bits per heavy atom. The molecule has 0 aliphatic carbocycles. The number of hydrogen-bond acceptors (Lipinski definition) is 3. The number of carbonyl (C=O) groups is 1. The number of nitrogens with zero attached hydrogens (tertiary/aromatic N) is 1. The van der Waals surface area contributed by atoms with Crippen molar-refractivity contribution < 1.29 is 9.53 Å². The van der Waals surface area contributed by atoms with Gasteiger partial charge in [-0.2, -0.15) is 0 Å². The molecule has 2 aliphatic heterocycles. The van der Waals surface area contributed by atoms with Crippen molar-refractivity contribution in [2.45, 2.75) is 61.7 Å². The summed E-state index contributed by atoms with van der Waals surface area (Å²) in [5.74, 6) is 0. The predicted molar refractivity (Wildman–Crippen MR) is 105 cm³/mol. The van der Waals surface area contributed by atoms with E-state index in [0.29, 0.717) is 4.83 Å². The van der Waals surface area contributed by atoms with Crippen LogP contribution in [0.3, 0.4) is 0 Å². The third-order valence-electron chi connectivity index (χ3n) is 3.34. The van der Waals surface area contributed by atoms with Crippen molar-refractivity contribution in [3.8, 4) is 0 Å². The zero-order chi connectivity index (χ0) is 15.9. The second kappa shape index (κ2) is 11.3. The first-order chi connectivity index (χ1) is 9.78. The van der Waals surface area contributed by atoms with Crippen LogP contribution in [0.4, 0.5) is 4.79 Å². The van der Waals surface area contributed by atoms with E-state index < -0.39 is 0 Å². The second-order valence-electron chi connectivity index (χ2n) is 6.57. The number of carbonyl (C=O) groups excluding carboxylic acids is 1. The van der Waals surface area contributed by atoms with E-state index in [1.54, 1.807) is 4.90 Å². The summed E-state index contributed by atoms with van der Waals surface area (Å²) in [6, 6.07) is 0. The van der Waals surface area contributed by atoms with E-state index in [4.69, 9.17) is 4.74 Å². The lowest BCUT2D eigenvalue weighted by atomic mass is 10.1. The van der Waals surface area contributed by atoms with E-state index in [1.165, 1.54) is 25.9 Å². The maximum Gasteiger partial charge on any atom is 0.410 e. The highest BCUT2D eigenvalue weighted by Crippen LogP contribution is 2.19. The number of piperidine rings is 2. The fraction of sp³-hybridized carbons (Fsp3) is 0.933. The van der Waals surface area contributed by atoms with Gasteiger partial charge in [0.25, 0.3) is 0 Å². The maximum atomic E-state index is 11.6. The lowest BCUT2D eigenvalue weighted by Crippen LogP contribution is -2.41. The lowest BCUT2D eigenvalue weighted by Gasteiger charge is -2.31. The molecule has 0 atom stereocenters. The standard InChI is InChI=1S/C10H18BrNO2.C5H10BrN.BrH/c1-10(2,3)14-9(13)12-6-4-8(11)5-7-12;6-5-1-3-7-4-2-5;/h8H,4-7H2,1-3H3;5,7H,1-4H2;1H. The Balaban J connectivity index is 0.000000465. The van der Waals surface area contributed by atoms with E-state index >= 15 is 0 Å². The molecule has 7 heteroatoms. The number of halogens is 3. The highest BCUT2D eigenvalue weighted by Gasteiger charge is 2.25. The number of nitrogens with one attached hydrogen (secondary N) is 1. The predicted octanol–water partition coefficient (Wildman–Crippen LogP) is 4.49. The van der Waals surface area contributed by atoms with Gasteiger partial charge in [-0.15, -0.1) is 17.0 Å².